The highest BCUT2D eigenvalue weighted by atomic mass is 16.3. The van der Waals surface area contributed by atoms with E-state index in [1.807, 2.05) is 27.9 Å². The summed E-state index contributed by atoms with van der Waals surface area (Å²) in [4.78, 5) is 13.8. The maximum atomic E-state index is 11.7. The highest BCUT2D eigenvalue weighted by Gasteiger charge is 2.12. The third-order valence-corrected chi connectivity index (χ3v) is 2.35. The molecule has 90 valence electrons. The monoisotopic (exact) mass is 224 g/mol. The van der Waals surface area contributed by atoms with Gasteiger partial charge in [-0.05, 0) is 47.0 Å². The first-order chi connectivity index (χ1) is 7.50. The summed E-state index contributed by atoms with van der Waals surface area (Å²) in [7, 11) is 4.04. The van der Waals surface area contributed by atoms with Crippen LogP contribution in [-0.4, -0.2) is 38.0 Å². The number of carbonyl (C=O) groups is 1. The molecule has 0 saturated carbocycles. The highest BCUT2D eigenvalue weighted by Crippen LogP contribution is 2.13. The van der Waals surface area contributed by atoms with Crippen LogP contribution in [0.4, 0.5) is 0 Å². The second-order valence-electron chi connectivity index (χ2n) is 4.24. The minimum atomic E-state index is -0.0480. The van der Waals surface area contributed by atoms with Gasteiger partial charge in [0, 0.05) is 6.54 Å². The van der Waals surface area contributed by atoms with Gasteiger partial charge in [0.15, 0.2) is 0 Å². The van der Waals surface area contributed by atoms with E-state index >= 15 is 0 Å². The third-order valence-electron chi connectivity index (χ3n) is 2.35. The largest absolute Gasteiger partial charge is 0.466 e. The zero-order valence-corrected chi connectivity index (χ0v) is 10.5. The number of hydrogen-bond acceptors (Lipinski definition) is 3. The molecule has 0 radical (unpaired) electrons. The average molecular weight is 224 g/mol. The Balaban J connectivity index is 2.38. The van der Waals surface area contributed by atoms with Crippen molar-refractivity contribution < 1.29 is 9.21 Å². The molecule has 0 saturated heterocycles. The van der Waals surface area contributed by atoms with Crippen LogP contribution in [0, 0.1) is 13.8 Å². The smallest absolute Gasteiger partial charge is 0.254 e. The van der Waals surface area contributed by atoms with Gasteiger partial charge < -0.3 is 14.6 Å². The van der Waals surface area contributed by atoms with Crippen LogP contribution >= 0.6 is 0 Å². The molecule has 16 heavy (non-hydrogen) atoms. The molecule has 1 aromatic heterocycles. The van der Waals surface area contributed by atoms with E-state index in [2.05, 4.69) is 10.2 Å². The molecule has 1 aromatic rings. The summed E-state index contributed by atoms with van der Waals surface area (Å²) >= 11 is 0. The summed E-state index contributed by atoms with van der Waals surface area (Å²) in [6.45, 7) is 5.32. The summed E-state index contributed by atoms with van der Waals surface area (Å²) in [5.41, 5.74) is 0.641. The van der Waals surface area contributed by atoms with Gasteiger partial charge in [-0.25, -0.2) is 0 Å². The molecule has 1 N–H and O–H groups in total. The van der Waals surface area contributed by atoms with Crippen molar-refractivity contribution in [3.05, 3.63) is 23.2 Å². The van der Waals surface area contributed by atoms with Crippen LogP contribution < -0.4 is 5.32 Å². The van der Waals surface area contributed by atoms with Crippen molar-refractivity contribution in [2.45, 2.75) is 20.3 Å². The Morgan fingerprint density at radius 1 is 1.44 bits per heavy atom. The van der Waals surface area contributed by atoms with E-state index in [1.54, 1.807) is 6.07 Å². The molecule has 0 bridgehead atoms. The van der Waals surface area contributed by atoms with Crippen LogP contribution in [0.2, 0.25) is 0 Å². The minimum Gasteiger partial charge on any atom is -0.466 e. The van der Waals surface area contributed by atoms with Gasteiger partial charge in [-0.3, -0.25) is 4.79 Å². The molecule has 1 amide bonds. The van der Waals surface area contributed by atoms with Crippen LogP contribution in [0.15, 0.2) is 10.5 Å². The fraction of sp³-hybridized carbons (Fsp3) is 0.583. The Bertz CT molecular complexity index is 356. The van der Waals surface area contributed by atoms with Crippen LogP contribution in [0.25, 0.3) is 0 Å². The Kier molecular flexibility index (Phi) is 4.55. The molecule has 0 aliphatic heterocycles. The topological polar surface area (TPSA) is 45.5 Å². The van der Waals surface area contributed by atoms with E-state index in [1.165, 1.54) is 0 Å². The molecule has 0 atom stereocenters. The molecular formula is C12H20N2O2. The maximum absolute atomic E-state index is 11.7. The Morgan fingerprint density at radius 3 is 2.62 bits per heavy atom. The molecule has 0 unspecified atom stereocenters. The maximum Gasteiger partial charge on any atom is 0.254 e. The van der Waals surface area contributed by atoms with Crippen LogP contribution in [0.1, 0.15) is 28.3 Å². The van der Waals surface area contributed by atoms with Crippen LogP contribution in [0.5, 0.6) is 0 Å². The number of hydrogen-bond donors (Lipinski definition) is 1. The zero-order valence-electron chi connectivity index (χ0n) is 10.5. The first-order valence-electron chi connectivity index (χ1n) is 5.50. The van der Waals surface area contributed by atoms with Crippen molar-refractivity contribution in [3.63, 3.8) is 0 Å². The molecule has 0 aliphatic carbocycles. The number of aryl methyl sites for hydroxylation is 2. The molecule has 0 aliphatic rings. The average Bonchev–Trinajstić information content (AvgIpc) is 2.52. The van der Waals surface area contributed by atoms with Crippen molar-refractivity contribution in [2.75, 3.05) is 27.2 Å². The lowest BCUT2D eigenvalue weighted by Gasteiger charge is -2.09. The van der Waals surface area contributed by atoms with Crippen molar-refractivity contribution in [3.8, 4) is 0 Å². The van der Waals surface area contributed by atoms with Gasteiger partial charge in [-0.1, -0.05) is 0 Å². The van der Waals surface area contributed by atoms with E-state index in [4.69, 9.17) is 4.42 Å². The number of carbonyl (C=O) groups excluding carboxylic acids is 1. The lowest BCUT2D eigenvalue weighted by Crippen LogP contribution is -2.27. The van der Waals surface area contributed by atoms with Crippen molar-refractivity contribution in [1.82, 2.24) is 10.2 Å². The quantitative estimate of drug-likeness (QED) is 0.772. The van der Waals surface area contributed by atoms with Crippen molar-refractivity contribution >= 4 is 5.91 Å². The van der Waals surface area contributed by atoms with Gasteiger partial charge in [-0.2, -0.15) is 0 Å². The zero-order chi connectivity index (χ0) is 12.1. The fourth-order valence-corrected chi connectivity index (χ4v) is 1.55. The van der Waals surface area contributed by atoms with Crippen molar-refractivity contribution in [1.29, 1.82) is 0 Å². The second kappa shape index (κ2) is 5.70. The first-order valence-corrected chi connectivity index (χ1v) is 5.50. The molecule has 0 spiro atoms. The van der Waals surface area contributed by atoms with Crippen LogP contribution in [-0.2, 0) is 0 Å². The van der Waals surface area contributed by atoms with Gasteiger partial charge in [0.2, 0.25) is 0 Å². The molecule has 1 heterocycles. The van der Waals surface area contributed by atoms with E-state index in [9.17, 15) is 4.79 Å². The molecular weight excluding hydrogens is 204 g/mol. The minimum absolute atomic E-state index is 0.0480. The normalized spacial score (nSPS) is 10.8. The molecule has 4 nitrogen and oxygen atoms in total. The van der Waals surface area contributed by atoms with E-state index < -0.39 is 0 Å². The predicted molar refractivity (Wildman–Crippen MR) is 63.7 cm³/mol. The standard InChI is InChI=1S/C12H20N2O2/c1-9-8-11(10(2)16-9)12(15)13-6-5-7-14(3)4/h8H,5-7H2,1-4H3,(H,13,15). The Labute approximate surface area is 96.6 Å². The predicted octanol–water partition coefficient (Wildman–Crippen LogP) is 1.58. The van der Waals surface area contributed by atoms with E-state index in [-0.39, 0.29) is 5.91 Å². The summed E-state index contributed by atoms with van der Waals surface area (Å²) in [6, 6.07) is 1.77. The summed E-state index contributed by atoms with van der Waals surface area (Å²) < 4.78 is 5.31. The Morgan fingerprint density at radius 2 is 2.12 bits per heavy atom. The molecule has 4 heteroatoms. The van der Waals surface area contributed by atoms with E-state index in [0.29, 0.717) is 17.9 Å². The van der Waals surface area contributed by atoms with Crippen molar-refractivity contribution in [2.24, 2.45) is 0 Å². The van der Waals surface area contributed by atoms with Gasteiger partial charge in [-0.15, -0.1) is 0 Å². The molecule has 1 rings (SSSR count). The number of nitrogens with one attached hydrogen (secondary N) is 1. The molecule has 0 aromatic carbocycles. The lowest BCUT2D eigenvalue weighted by molar-refractivity contribution is 0.0951. The van der Waals surface area contributed by atoms with Gasteiger partial charge in [0.25, 0.3) is 5.91 Å². The molecule has 0 fully saturated rings. The number of rotatable bonds is 5. The lowest BCUT2D eigenvalue weighted by atomic mass is 10.2. The number of amides is 1. The number of nitrogens with zero attached hydrogens (tertiary/aromatic N) is 1. The number of furan rings is 1. The first kappa shape index (κ1) is 12.8. The second-order valence-corrected chi connectivity index (χ2v) is 4.24. The summed E-state index contributed by atoms with van der Waals surface area (Å²) in [6.07, 6.45) is 0.953. The Hall–Kier alpha value is -1.29. The SMILES string of the molecule is Cc1cc(C(=O)NCCCN(C)C)c(C)o1. The van der Waals surface area contributed by atoms with Gasteiger partial charge >= 0.3 is 0 Å². The van der Waals surface area contributed by atoms with Gasteiger partial charge in [0.05, 0.1) is 5.56 Å². The highest BCUT2D eigenvalue weighted by molar-refractivity contribution is 5.95. The summed E-state index contributed by atoms with van der Waals surface area (Å²) in [5, 5.41) is 2.88. The van der Waals surface area contributed by atoms with Gasteiger partial charge in [0.1, 0.15) is 11.5 Å². The fourth-order valence-electron chi connectivity index (χ4n) is 1.55. The summed E-state index contributed by atoms with van der Waals surface area (Å²) in [5.74, 6) is 1.41. The third kappa shape index (κ3) is 3.70. The van der Waals surface area contributed by atoms with Crippen LogP contribution in [0.3, 0.4) is 0 Å². The van der Waals surface area contributed by atoms with E-state index in [0.717, 1.165) is 18.7 Å².